The molecule has 0 fully saturated rings. The van der Waals surface area contributed by atoms with Gasteiger partial charge in [-0.3, -0.25) is 13.9 Å². The Hall–Kier alpha value is -3.14. The highest BCUT2D eigenvalue weighted by Gasteiger charge is 2.34. The molecule has 2 amide bonds. The second kappa shape index (κ2) is 13.5. The first kappa shape index (κ1) is 31.4. The topological polar surface area (TPSA) is 86.8 Å². The van der Waals surface area contributed by atoms with Crippen molar-refractivity contribution in [1.82, 2.24) is 10.2 Å². The Morgan fingerprint density at radius 2 is 1.60 bits per heavy atom. The summed E-state index contributed by atoms with van der Waals surface area (Å²) < 4.78 is 43.2. The van der Waals surface area contributed by atoms with Crippen LogP contribution in [0.25, 0.3) is 0 Å². The first-order valence-electron chi connectivity index (χ1n) is 12.7. The molecule has 40 heavy (non-hydrogen) atoms. The van der Waals surface area contributed by atoms with Crippen LogP contribution >= 0.6 is 23.2 Å². The van der Waals surface area contributed by atoms with Gasteiger partial charge in [0.25, 0.3) is 10.0 Å². The highest BCUT2D eigenvalue weighted by atomic mass is 35.5. The van der Waals surface area contributed by atoms with Gasteiger partial charge in [0.2, 0.25) is 11.8 Å². The van der Waals surface area contributed by atoms with Gasteiger partial charge in [-0.25, -0.2) is 12.8 Å². The number of carbonyl (C=O) groups excluding carboxylic acids is 2. The van der Waals surface area contributed by atoms with Crippen LogP contribution in [0.3, 0.4) is 0 Å². The van der Waals surface area contributed by atoms with Crippen molar-refractivity contribution in [2.45, 2.75) is 45.2 Å². The largest absolute Gasteiger partial charge is 0.354 e. The molecule has 0 saturated heterocycles. The molecule has 0 aliphatic carbocycles. The second-order valence-corrected chi connectivity index (χ2v) is 12.5. The number of amides is 2. The maximum atomic E-state index is 14.6. The predicted molar refractivity (Wildman–Crippen MR) is 156 cm³/mol. The zero-order valence-corrected chi connectivity index (χ0v) is 25.0. The highest BCUT2D eigenvalue weighted by Crippen LogP contribution is 2.35. The minimum atomic E-state index is -4.32. The van der Waals surface area contributed by atoms with Gasteiger partial charge in [0.15, 0.2) is 0 Å². The van der Waals surface area contributed by atoms with Crippen LogP contribution in [0.15, 0.2) is 71.6 Å². The van der Waals surface area contributed by atoms with Crippen molar-refractivity contribution in [2.75, 3.05) is 17.4 Å². The number of aryl methyl sites for hydroxylation is 1. The second-order valence-electron chi connectivity index (χ2n) is 9.83. The Morgan fingerprint density at radius 3 is 2.23 bits per heavy atom. The smallest absolute Gasteiger partial charge is 0.264 e. The van der Waals surface area contributed by atoms with Crippen LogP contribution in [0.4, 0.5) is 10.1 Å². The number of hydrogen-bond donors (Lipinski definition) is 1. The summed E-state index contributed by atoms with van der Waals surface area (Å²) in [6, 6.07) is 15.4. The summed E-state index contributed by atoms with van der Waals surface area (Å²) in [4.78, 5) is 28.0. The number of rotatable bonds is 11. The third-order valence-corrected chi connectivity index (χ3v) is 8.82. The molecule has 0 radical (unpaired) electrons. The lowest BCUT2D eigenvalue weighted by Crippen LogP contribution is -2.51. The maximum Gasteiger partial charge on any atom is 0.264 e. The first-order chi connectivity index (χ1) is 18.8. The van der Waals surface area contributed by atoms with Gasteiger partial charge in [-0.1, -0.05) is 79.0 Å². The maximum absolute atomic E-state index is 14.6. The average molecular weight is 609 g/mol. The molecule has 1 atom stereocenters. The van der Waals surface area contributed by atoms with Crippen LogP contribution in [-0.4, -0.2) is 44.3 Å². The van der Waals surface area contributed by atoms with Crippen molar-refractivity contribution in [3.8, 4) is 0 Å². The summed E-state index contributed by atoms with van der Waals surface area (Å²) in [6.45, 7) is 6.58. The van der Waals surface area contributed by atoms with Crippen molar-refractivity contribution in [3.05, 3.63) is 93.7 Å². The summed E-state index contributed by atoms with van der Waals surface area (Å²) in [7, 11) is -4.32. The molecule has 3 rings (SSSR count). The molecule has 0 spiro atoms. The molecule has 0 aliphatic rings. The van der Waals surface area contributed by atoms with E-state index in [0.717, 1.165) is 14.8 Å². The number of sulfonamides is 1. The van der Waals surface area contributed by atoms with E-state index in [-0.39, 0.29) is 38.7 Å². The first-order valence-corrected chi connectivity index (χ1v) is 14.9. The minimum absolute atomic E-state index is 0.00848. The van der Waals surface area contributed by atoms with Crippen LogP contribution in [-0.2, 0) is 26.2 Å². The third kappa shape index (κ3) is 7.53. The van der Waals surface area contributed by atoms with Gasteiger partial charge in [0, 0.05) is 18.7 Å². The van der Waals surface area contributed by atoms with E-state index < -0.39 is 40.2 Å². The fourth-order valence-corrected chi connectivity index (χ4v) is 5.75. The number of nitrogens with zero attached hydrogens (tertiary/aromatic N) is 2. The Balaban J connectivity index is 2.07. The van der Waals surface area contributed by atoms with E-state index in [1.165, 1.54) is 55.5 Å². The van der Waals surface area contributed by atoms with E-state index in [0.29, 0.717) is 6.54 Å². The van der Waals surface area contributed by atoms with Crippen molar-refractivity contribution in [3.63, 3.8) is 0 Å². The molecule has 3 aromatic carbocycles. The average Bonchev–Trinajstić information content (AvgIpc) is 2.91. The van der Waals surface area contributed by atoms with Gasteiger partial charge in [-0.15, -0.1) is 0 Å². The lowest BCUT2D eigenvalue weighted by Gasteiger charge is -2.32. The van der Waals surface area contributed by atoms with Crippen LogP contribution in [0, 0.1) is 18.7 Å². The molecule has 3 aromatic rings. The van der Waals surface area contributed by atoms with Gasteiger partial charge >= 0.3 is 0 Å². The van der Waals surface area contributed by atoms with Gasteiger partial charge < -0.3 is 10.2 Å². The highest BCUT2D eigenvalue weighted by molar-refractivity contribution is 7.92. The Bertz CT molecular complexity index is 1470. The standard InChI is InChI=1S/C29H32Cl2FN3O4S/c1-19(2)16-33-29(37)21(4)34(17-22-8-5-6-10-25(22)32)27(36)18-35(26-11-7-9-24(30)28(26)31)40(38,39)23-14-12-20(3)13-15-23/h5-15,19,21H,16-18H2,1-4H3,(H,33,37)/t21-/m0/s1. The number of nitrogens with one attached hydrogen (secondary N) is 1. The summed E-state index contributed by atoms with van der Waals surface area (Å²) in [5, 5.41) is 2.82. The van der Waals surface area contributed by atoms with Gasteiger partial charge in [-0.05, 0) is 50.1 Å². The minimum Gasteiger partial charge on any atom is -0.354 e. The zero-order chi connectivity index (χ0) is 29.6. The Morgan fingerprint density at radius 1 is 0.950 bits per heavy atom. The van der Waals surface area contributed by atoms with Gasteiger partial charge in [0.05, 0.1) is 20.6 Å². The quantitative estimate of drug-likeness (QED) is 0.297. The van der Waals surface area contributed by atoms with E-state index in [9.17, 15) is 22.4 Å². The van der Waals surface area contributed by atoms with Crippen LogP contribution in [0.5, 0.6) is 0 Å². The molecule has 0 saturated carbocycles. The number of carbonyl (C=O) groups is 2. The monoisotopic (exact) mass is 607 g/mol. The number of benzene rings is 3. The molecule has 0 bridgehead atoms. The molecule has 11 heteroatoms. The van der Waals surface area contributed by atoms with Crippen molar-refractivity contribution in [1.29, 1.82) is 0 Å². The molecule has 0 aromatic heterocycles. The number of halogens is 3. The molecule has 1 N–H and O–H groups in total. The summed E-state index contributed by atoms with van der Waals surface area (Å²) in [6.07, 6.45) is 0. The predicted octanol–water partition coefficient (Wildman–Crippen LogP) is 5.83. The van der Waals surface area contributed by atoms with Crippen molar-refractivity contribution >= 4 is 50.7 Å². The lowest BCUT2D eigenvalue weighted by atomic mass is 10.1. The van der Waals surface area contributed by atoms with Gasteiger partial charge in [0.1, 0.15) is 18.4 Å². The molecule has 0 unspecified atom stereocenters. The molecule has 7 nitrogen and oxygen atoms in total. The molecular formula is C29H32Cl2FN3O4S. The van der Waals surface area contributed by atoms with Crippen LogP contribution in [0.2, 0.25) is 10.0 Å². The molecule has 0 heterocycles. The summed E-state index contributed by atoms with van der Waals surface area (Å²) in [5.74, 6) is -1.58. The van der Waals surface area contributed by atoms with E-state index >= 15 is 0 Å². The summed E-state index contributed by atoms with van der Waals surface area (Å²) in [5.41, 5.74) is 1.01. The normalized spacial score (nSPS) is 12.2. The third-order valence-electron chi connectivity index (χ3n) is 6.24. The van der Waals surface area contributed by atoms with E-state index in [1.807, 2.05) is 20.8 Å². The fraction of sp³-hybridized carbons (Fsp3) is 0.310. The van der Waals surface area contributed by atoms with E-state index in [2.05, 4.69) is 5.32 Å². The van der Waals surface area contributed by atoms with Crippen molar-refractivity contribution in [2.24, 2.45) is 5.92 Å². The fourth-order valence-electron chi connectivity index (χ4n) is 3.88. The van der Waals surface area contributed by atoms with Crippen molar-refractivity contribution < 1.29 is 22.4 Å². The Labute approximate surface area is 244 Å². The number of hydrogen-bond acceptors (Lipinski definition) is 4. The zero-order valence-electron chi connectivity index (χ0n) is 22.7. The lowest BCUT2D eigenvalue weighted by molar-refractivity contribution is -0.139. The molecular weight excluding hydrogens is 576 g/mol. The number of anilines is 1. The van der Waals surface area contributed by atoms with Crippen LogP contribution < -0.4 is 9.62 Å². The van der Waals surface area contributed by atoms with Crippen LogP contribution in [0.1, 0.15) is 31.9 Å². The summed E-state index contributed by atoms with van der Waals surface area (Å²) >= 11 is 12.6. The van der Waals surface area contributed by atoms with Gasteiger partial charge in [-0.2, -0.15) is 0 Å². The SMILES string of the molecule is Cc1ccc(S(=O)(=O)N(CC(=O)N(Cc2ccccc2F)[C@@H](C)C(=O)NCC(C)C)c2cccc(Cl)c2Cl)cc1. The van der Waals surface area contributed by atoms with E-state index in [4.69, 9.17) is 23.2 Å². The van der Waals surface area contributed by atoms with E-state index in [1.54, 1.807) is 18.2 Å². The molecule has 0 aliphatic heterocycles. The molecule has 214 valence electrons. The Kier molecular flexibility index (Phi) is 10.6.